The number of hydrogen-bond donors (Lipinski definition) is 0. The SMILES string of the molecule is CCCOCCOC.[Eu]. The summed E-state index contributed by atoms with van der Waals surface area (Å²) in [6.07, 6.45) is 1.09. The third kappa shape index (κ3) is 12.7. The fourth-order valence-corrected chi connectivity index (χ4v) is 0.389. The van der Waals surface area contributed by atoms with Crippen molar-refractivity contribution in [1.82, 2.24) is 0 Å². The summed E-state index contributed by atoms with van der Waals surface area (Å²) in [7, 11) is 1.68. The molecule has 0 unspecified atom stereocenters. The molecule has 0 atom stereocenters. The maximum atomic E-state index is 5.10. The van der Waals surface area contributed by atoms with Gasteiger partial charge < -0.3 is 9.47 Å². The van der Waals surface area contributed by atoms with Gasteiger partial charge in [-0.25, -0.2) is 0 Å². The summed E-state index contributed by atoms with van der Waals surface area (Å²) in [5.74, 6) is 0. The number of hydrogen-bond acceptors (Lipinski definition) is 2. The van der Waals surface area contributed by atoms with Crippen LogP contribution in [0.15, 0.2) is 0 Å². The number of rotatable bonds is 5. The summed E-state index contributed by atoms with van der Waals surface area (Å²) in [5, 5.41) is 0. The van der Waals surface area contributed by atoms with E-state index >= 15 is 0 Å². The van der Waals surface area contributed by atoms with Gasteiger partial charge in [-0.3, -0.25) is 0 Å². The first-order chi connectivity index (χ1) is 3.91. The second-order valence-electron chi connectivity index (χ2n) is 1.61. The number of methoxy groups -OCH3 is 1. The van der Waals surface area contributed by atoms with Crippen LogP contribution in [0.5, 0.6) is 0 Å². The van der Waals surface area contributed by atoms with Crippen LogP contribution in [0.2, 0.25) is 0 Å². The molecule has 0 fully saturated rings. The fraction of sp³-hybridized carbons (Fsp3) is 1.00. The van der Waals surface area contributed by atoms with E-state index in [0.717, 1.165) is 19.6 Å². The summed E-state index contributed by atoms with van der Waals surface area (Å²) < 4.78 is 9.86. The Labute approximate surface area is 97.8 Å². The van der Waals surface area contributed by atoms with E-state index in [4.69, 9.17) is 9.47 Å². The van der Waals surface area contributed by atoms with Gasteiger partial charge in [0.25, 0.3) is 0 Å². The van der Waals surface area contributed by atoms with Crippen molar-refractivity contribution < 1.29 is 58.9 Å². The first-order valence-electron chi connectivity index (χ1n) is 2.98. The zero-order valence-corrected chi connectivity index (χ0v) is 8.45. The fourth-order valence-electron chi connectivity index (χ4n) is 0.389. The van der Waals surface area contributed by atoms with E-state index in [-0.39, 0.29) is 49.4 Å². The van der Waals surface area contributed by atoms with Gasteiger partial charge in [0.2, 0.25) is 0 Å². The molecule has 0 aromatic heterocycles. The molecule has 0 rings (SSSR count). The summed E-state index contributed by atoms with van der Waals surface area (Å²) in [6.45, 7) is 4.38. The van der Waals surface area contributed by atoms with Crippen LogP contribution in [0.25, 0.3) is 0 Å². The largest absolute Gasteiger partial charge is 0.382 e. The van der Waals surface area contributed by atoms with E-state index in [2.05, 4.69) is 6.92 Å². The zero-order valence-electron chi connectivity index (χ0n) is 6.02. The van der Waals surface area contributed by atoms with E-state index in [9.17, 15) is 0 Å². The topological polar surface area (TPSA) is 18.5 Å². The van der Waals surface area contributed by atoms with Crippen LogP contribution >= 0.6 is 0 Å². The first kappa shape index (κ1) is 13.1. The van der Waals surface area contributed by atoms with Gasteiger partial charge in [0.15, 0.2) is 0 Å². The Kier molecular flexibility index (Phi) is 17.8. The van der Waals surface area contributed by atoms with Crippen LogP contribution in [0.3, 0.4) is 0 Å². The van der Waals surface area contributed by atoms with Gasteiger partial charge in [0.05, 0.1) is 13.2 Å². The van der Waals surface area contributed by atoms with Crippen LogP contribution in [0, 0.1) is 49.4 Å². The van der Waals surface area contributed by atoms with E-state index in [1.54, 1.807) is 7.11 Å². The Morgan fingerprint density at radius 2 is 1.78 bits per heavy atom. The average Bonchev–Trinajstić information content (AvgIpc) is 1.81. The summed E-state index contributed by atoms with van der Waals surface area (Å²) in [6, 6.07) is 0. The molecule has 9 heavy (non-hydrogen) atoms. The maximum absolute atomic E-state index is 5.10. The van der Waals surface area contributed by atoms with Crippen molar-refractivity contribution in [3.05, 3.63) is 0 Å². The molecular formula is C6H14EuO2. The molecule has 0 spiro atoms. The maximum Gasteiger partial charge on any atom is 0.0700 e. The molecule has 0 bridgehead atoms. The van der Waals surface area contributed by atoms with Gasteiger partial charge in [-0.05, 0) is 6.42 Å². The standard InChI is InChI=1S/C6H14O2.Eu/c1-3-4-8-6-5-7-2;/h3-6H2,1-2H3;. The van der Waals surface area contributed by atoms with Gasteiger partial charge in [0.1, 0.15) is 0 Å². The minimum absolute atomic E-state index is 0. The Morgan fingerprint density at radius 3 is 2.22 bits per heavy atom. The molecule has 57 valence electrons. The Bertz CT molecular complexity index is 36.0. The third-order valence-electron chi connectivity index (χ3n) is 0.780. The third-order valence-corrected chi connectivity index (χ3v) is 0.780. The van der Waals surface area contributed by atoms with E-state index < -0.39 is 0 Å². The average molecular weight is 270 g/mol. The second-order valence-corrected chi connectivity index (χ2v) is 1.61. The minimum atomic E-state index is 0. The molecule has 0 heterocycles. The van der Waals surface area contributed by atoms with Crippen molar-refractivity contribution in [2.45, 2.75) is 13.3 Å². The van der Waals surface area contributed by atoms with Crippen molar-refractivity contribution >= 4 is 0 Å². The Balaban J connectivity index is 0. The van der Waals surface area contributed by atoms with Crippen LogP contribution < -0.4 is 0 Å². The molecule has 0 amide bonds. The van der Waals surface area contributed by atoms with E-state index in [1.807, 2.05) is 0 Å². The predicted octanol–water partition coefficient (Wildman–Crippen LogP) is 1.06. The monoisotopic (exact) mass is 271 g/mol. The first-order valence-corrected chi connectivity index (χ1v) is 2.98. The summed E-state index contributed by atoms with van der Waals surface area (Å²) in [4.78, 5) is 0. The van der Waals surface area contributed by atoms with Crippen molar-refractivity contribution in [2.75, 3.05) is 26.9 Å². The van der Waals surface area contributed by atoms with Crippen LogP contribution in [0.4, 0.5) is 0 Å². The zero-order chi connectivity index (χ0) is 6.24. The molecule has 0 aliphatic rings. The van der Waals surface area contributed by atoms with Crippen LogP contribution in [-0.2, 0) is 9.47 Å². The minimum Gasteiger partial charge on any atom is -0.382 e. The Morgan fingerprint density at radius 1 is 1.11 bits per heavy atom. The number of ether oxygens (including phenoxy) is 2. The van der Waals surface area contributed by atoms with Crippen LogP contribution in [0.1, 0.15) is 13.3 Å². The van der Waals surface area contributed by atoms with Gasteiger partial charge in [-0.1, -0.05) is 6.92 Å². The smallest absolute Gasteiger partial charge is 0.0700 e. The predicted molar refractivity (Wildman–Crippen MR) is 33.0 cm³/mol. The molecule has 2 nitrogen and oxygen atoms in total. The van der Waals surface area contributed by atoms with Gasteiger partial charge in [-0.15, -0.1) is 0 Å². The Hall–Kier alpha value is 1.50. The van der Waals surface area contributed by atoms with Crippen molar-refractivity contribution in [3.63, 3.8) is 0 Å². The molecule has 0 aromatic carbocycles. The summed E-state index contributed by atoms with van der Waals surface area (Å²) >= 11 is 0. The molecule has 1 radical (unpaired) electrons. The molecule has 0 saturated heterocycles. The molecule has 0 aliphatic heterocycles. The molecular weight excluding hydrogens is 256 g/mol. The van der Waals surface area contributed by atoms with Crippen molar-refractivity contribution in [2.24, 2.45) is 0 Å². The van der Waals surface area contributed by atoms with E-state index in [0.29, 0.717) is 6.61 Å². The van der Waals surface area contributed by atoms with Crippen molar-refractivity contribution in [3.8, 4) is 0 Å². The molecule has 0 saturated carbocycles. The van der Waals surface area contributed by atoms with Gasteiger partial charge in [-0.2, -0.15) is 0 Å². The van der Waals surface area contributed by atoms with Crippen molar-refractivity contribution in [1.29, 1.82) is 0 Å². The molecule has 0 N–H and O–H groups in total. The van der Waals surface area contributed by atoms with Gasteiger partial charge >= 0.3 is 0 Å². The van der Waals surface area contributed by atoms with E-state index in [1.165, 1.54) is 0 Å². The molecule has 0 aromatic rings. The summed E-state index contributed by atoms with van der Waals surface area (Å²) in [5.41, 5.74) is 0. The molecule has 0 aliphatic carbocycles. The normalized spacial score (nSPS) is 8.67. The molecule has 3 heteroatoms. The van der Waals surface area contributed by atoms with Crippen LogP contribution in [-0.4, -0.2) is 26.9 Å². The van der Waals surface area contributed by atoms with Gasteiger partial charge in [0, 0.05) is 63.1 Å². The second kappa shape index (κ2) is 12.2. The quantitative estimate of drug-likeness (QED) is 0.695.